The van der Waals surface area contributed by atoms with Gasteiger partial charge in [0.25, 0.3) is 0 Å². The van der Waals surface area contributed by atoms with E-state index in [4.69, 9.17) is 9.47 Å². The molecule has 0 spiro atoms. The molecule has 0 saturated carbocycles. The number of nitrogens with zero attached hydrogens (tertiary/aromatic N) is 1. The van der Waals surface area contributed by atoms with Crippen molar-refractivity contribution >= 4 is 12.6 Å². The van der Waals surface area contributed by atoms with E-state index >= 15 is 0 Å². The smallest absolute Gasteiger partial charge is 0.492 e. The summed E-state index contributed by atoms with van der Waals surface area (Å²) < 4.78 is 10.8. The first-order chi connectivity index (χ1) is 9.51. The van der Waals surface area contributed by atoms with Crippen LogP contribution in [0.5, 0.6) is 5.75 Å². The zero-order valence-corrected chi connectivity index (χ0v) is 12.2. The first-order valence-electron chi connectivity index (χ1n) is 6.90. The number of hydrogen-bond acceptors (Lipinski definition) is 5. The minimum atomic E-state index is -1.52. The molecule has 0 bridgehead atoms. The normalized spacial score (nSPS) is 23.6. The van der Waals surface area contributed by atoms with Gasteiger partial charge in [-0.15, -0.1) is 0 Å². The molecule has 1 aliphatic heterocycles. The van der Waals surface area contributed by atoms with E-state index in [1.807, 2.05) is 6.07 Å². The van der Waals surface area contributed by atoms with Crippen molar-refractivity contribution < 1.29 is 19.5 Å². The van der Waals surface area contributed by atoms with Gasteiger partial charge >= 0.3 is 7.12 Å². The zero-order chi connectivity index (χ0) is 14.7. The van der Waals surface area contributed by atoms with E-state index in [2.05, 4.69) is 18.7 Å². The summed E-state index contributed by atoms with van der Waals surface area (Å²) in [5, 5.41) is 18.8. The van der Waals surface area contributed by atoms with Gasteiger partial charge in [-0.2, -0.15) is 0 Å². The van der Waals surface area contributed by atoms with E-state index in [1.165, 1.54) is 7.11 Å². The van der Waals surface area contributed by atoms with E-state index in [-0.39, 0.29) is 6.10 Å². The second-order valence-corrected chi connectivity index (χ2v) is 5.37. The molecule has 0 amide bonds. The summed E-state index contributed by atoms with van der Waals surface area (Å²) in [6.07, 6.45) is 0.229. The summed E-state index contributed by atoms with van der Waals surface area (Å²) in [6.45, 7) is 6.57. The Morgan fingerprint density at radius 3 is 2.80 bits per heavy atom. The fourth-order valence-corrected chi connectivity index (χ4v) is 2.51. The van der Waals surface area contributed by atoms with E-state index in [9.17, 15) is 10.0 Å². The number of benzene rings is 1. The molecule has 1 fully saturated rings. The molecule has 0 radical (unpaired) electrons. The number of methoxy groups -OCH3 is 1. The highest BCUT2D eigenvalue weighted by atomic mass is 16.5. The van der Waals surface area contributed by atoms with Gasteiger partial charge in [-0.25, -0.2) is 0 Å². The Labute approximate surface area is 120 Å². The summed E-state index contributed by atoms with van der Waals surface area (Å²) >= 11 is 0. The summed E-state index contributed by atoms with van der Waals surface area (Å²) in [4.78, 5) is 2.34. The van der Waals surface area contributed by atoms with Crippen molar-refractivity contribution in [3.05, 3.63) is 23.8 Å². The predicted octanol–water partition coefficient (Wildman–Crippen LogP) is -0.0158. The van der Waals surface area contributed by atoms with Crippen molar-refractivity contribution in [2.45, 2.75) is 32.5 Å². The lowest BCUT2D eigenvalue weighted by atomic mass is 9.78. The number of rotatable bonds is 4. The van der Waals surface area contributed by atoms with Crippen LogP contribution < -0.4 is 10.2 Å². The van der Waals surface area contributed by atoms with Crippen molar-refractivity contribution in [1.29, 1.82) is 0 Å². The van der Waals surface area contributed by atoms with Crippen molar-refractivity contribution in [1.82, 2.24) is 4.90 Å². The average Bonchev–Trinajstić information content (AvgIpc) is 2.42. The lowest BCUT2D eigenvalue weighted by Crippen LogP contribution is -2.46. The van der Waals surface area contributed by atoms with Crippen LogP contribution in [-0.2, 0) is 11.3 Å². The summed E-state index contributed by atoms with van der Waals surface area (Å²) in [5.74, 6) is 0.493. The first-order valence-corrected chi connectivity index (χ1v) is 6.90. The monoisotopic (exact) mass is 279 g/mol. The average molecular weight is 279 g/mol. The minimum Gasteiger partial charge on any atom is -0.497 e. The quantitative estimate of drug-likeness (QED) is 0.759. The third kappa shape index (κ3) is 3.52. The van der Waals surface area contributed by atoms with Gasteiger partial charge in [0.15, 0.2) is 0 Å². The van der Waals surface area contributed by atoms with Gasteiger partial charge in [0.1, 0.15) is 5.75 Å². The Hall–Kier alpha value is -1.08. The van der Waals surface area contributed by atoms with Crippen LogP contribution in [0.2, 0.25) is 0 Å². The van der Waals surface area contributed by atoms with Crippen molar-refractivity contribution in [3.8, 4) is 5.75 Å². The van der Waals surface area contributed by atoms with E-state index in [0.717, 1.165) is 25.3 Å². The molecule has 2 atom stereocenters. The molecule has 1 aromatic rings. The van der Waals surface area contributed by atoms with Gasteiger partial charge in [-0.3, -0.25) is 4.90 Å². The summed E-state index contributed by atoms with van der Waals surface area (Å²) in [6, 6.07) is 5.88. The van der Waals surface area contributed by atoms with Crippen LogP contribution in [0.15, 0.2) is 18.2 Å². The van der Waals surface area contributed by atoms with Crippen LogP contribution in [0.3, 0.4) is 0 Å². The van der Waals surface area contributed by atoms with Gasteiger partial charge in [0.2, 0.25) is 0 Å². The minimum absolute atomic E-state index is 0.229. The topological polar surface area (TPSA) is 62.2 Å². The maximum atomic E-state index is 9.40. The molecule has 1 heterocycles. The van der Waals surface area contributed by atoms with Gasteiger partial charge in [0.05, 0.1) is 19.8 Å². The number of morpholine rings is 1. The molecule has 2 unspecified atom stereocenters. The van der Waals surface area contributed by atoms with Crippen LogP contribution >= 0.6 is 0 Å². The molecule has 0 aromatic heterocycles. The standard InChI is InChI=1S/C14H22BNO4/c1-10-9-20-11(2)7-16(10)8-12-4-5-14(19-3)13(6-12)15(17)18/h4-6,10-11,17-18H,7-9H2,1-3H3. The van der Waals surface area contributed by atoms with Crippen molar-refractivity contribution in [2.24, 2.45) is 0 Å². The van der Waals surface area contributed by atoms with Crippen LogP contribution in [0, 0.1) is 0 Å². The molecule has 5 nitrogen and oxygen atoms in total. The molecular weight excluding hydrogens is 257 g/mol. The lowest BCUT2D eigenvalue weighted by Gasteiger charge is -2.36. The Balaban J connectivity index is 2.14. The van der Waals surface area contributed by atoms with Crippen molar-refractivity contribution in [3.63, 3.8) is 0 Å². The van der Waals surface area contributed by atoms with Gasteiger partial charge in [-0.1, -0.05) is 12.1 Å². The zero-order valence-electron chi connectivity index (χ0n) is 12.2. The maximum absolute atomic E-state index is 9.40. The molecular formula is C14H22BNO4. The molecule has 2 rings (SSSR count). The Morgan fingerprint density at radius 1 is 1.40 bits per heavy atom. The van der Waals surface area contributed by atoms with Crippen LogP contribution in [0.4, 0.5) is 0 Å². The molecule has 1 saturated heterocycles. The van der Waals surface area contributed by atoms with Crippen LogP contribution in [0.25, 0.3) is 0 Å². The summed E-state index contributed by atoms with van der Waals surface area (Å²) in [7, 11) is -0.00183. The van der Waals surface area contributed by atoms with Crippen molar-refractivity contribution in [2.75, 3.05) is 20.3 Å². The fraction of sp³-hybridized carbons (Fsp3) is 0.571. The lowest BCUT2D eigenvalue weighted by molar-refractivity contribution is -0.0526. The maximum Gasteiger partial charge on any atom is 0.492 e. The molecule has 2 N–H and O–H groups in total. The van der Waals surface area contributed by atoms with E-state index in [1.54, 1.807) is 12.1 Å². The molecule has 1 aromatic carbocycles. The van der Waals surface area contributed by atoms with E-state index in [0.29, 0.717) is 17.3 Å². The van der Waals surface area contributed by atoms with Crippen LogP contribution in [0.1, 0.15) is 19.4 Å². The molecule has 1 aliphatic rings. The predicted molar refractivity (Wildman–Crippen MR) is 78.1 cm³/mol. The van der Waals surface area contributed by atoms with Gasteiger partial charge in [0, 0.05) is 24.6 Å². The molecule has 6 heteroatoms. The number of ether oxygens (including phenoxy) is 2. The third-order valence-electron chi connectivity index (χ3n) is 3.69. The van der Waals surface area contributed by atoms with Gasteiger partial charge < -0.3 is 19.5 Å². The Kier molecular flexibility index (Phi) is 5.04. The first kappa shape index (κ1) is 15.3. The SMILES string of the molecule is COc1ccc(CN2CC(C)OCC2C)cc1B(O)O. The fourth-order valence-electron chi connectivity index (χ4n) is 2.51. The highest BCUT2D eigenvalue weighted by molar-refractivity contribution is 6.59. The van der Waals surface area contributed by atoms with Crippen LogP contribution in [-0.4, -0.2) is 54.5 Å². The second kappa shape index (κ2) is 6.58. The summed E-state index contributed by atoms with van der Waals surface area (Å²) in [5.41, 5.74) is 1.44. The van der Waals surface area contributed by atoms with E-state index < -0.39 is 7.12 Å². The Bertz CT molecular complexity index is 455. The highest BCUT2D eigenvalue weighted by Crippen LogP contribution is 2.17. The Morgan fingerprint density at radius 2 is 2.15 bits per heavy atom. The molecule has 0 aliphatic carbocycles. The molecule has 110 valence electrons. The molecule has 20 heavy (non-hydrogen) atoms. The second-order valence-electron chi connectivity index (χ2n) is 5.37. The number of hydrogen-bond donors (Lipinski definition) is 2. The largest absolute Gasteiger partial charge is 0.497 e. The van der Waals surface area contributed by atoms with Gasteiger partial charge in [-0.05, 0) is 25.5 Å². The highest BCUT2D eigenvalue weighted by Gasteiger charge is 2.24. The third-order valence-corrected chi connectivity index (χ3v) is 3.69.